The minimum atomic E-state index is -3.41. The highest BCUT2D eigenvalue weighted by Gasteiger charge is 2.10. The number of benzene rings is 2. The fourth-order valence-corrected chi connectivity index (χ4v) is 2.58. The highest BCUT2D eigenvalue weighted by molar-refractivity contribution is 7.89. The summed E-state index contributed by atoms with van der Waals surface area (Å²) in [7, 11) is -2.04. The van der Waals surface area contributed by atoms with Gasteiger partial charge in [0.1, 0.15) is 0 Å². The largest absolute Gasteiger partial charge is 0.381 e. The molecule has 2 aromatic rings. The molecule has 0 heterocycles. The molecule has 2 rings (SSSR count). The molecule has 108 valence electrons. The van der Waals surface area contributed by atoms with Gasteiger partial charge in [0.25, 0.3) is 0 Å². The van der Waals surface area contributed by atoms with E-state index in [-0.39, 0.29) is 4.90 Å². The average molecular weight is 301 g/mol. The highest BCUT2D eigenvalue weighted by atomic mass is 32.2. The van der Waals surface area contributed by atoms with Crippen LogP contribution in [-0.2, 0) is 16.6 Å². The Labute approximate surface area is 124 Å². The Balaban J connectivity index is 2.10. The highest BCUT2D eigenvalue weighted by Crippen LogP contribution is 2.15. The maximum absolute atomic E-state index is 11.6. The Morgan fingerprint density at radius 3 is 2.38 bits per heavy atom. The number of nitrogens with zero attached hydrogens (tertiary/aromatic N) is 1. The van der Waals surface area contributed by atoms with Crippen molar-refractivity contribution in [1.82, 2.24) is 4.72 Å². The van der Waals surface area contributed by atoms with E-state index in [9.17, 15) is 8.42 Å². The maximum atomic E-state index is 11.6. The first-order chi connectivity index (χ1) is 10.1. The van der Waals surface area contributed by atoms with Crippen LogP contribution in [0.3, 0.4) is 0 Å². The molecule has 0 aromatic heterocycles. The lowest BCUT2D eigenvalue weighted by Crippen LogP contribution is -2.18. The predicted molar refractivity (Wildman–Crippen MR) is 81.2 cm³/mol. The second-order valence-corrected chi connectivity index (χ2v) is 6.24. The molecule has 0 aliphatic heterocycles. The van der Waals surface area contributed by atoms with E-state index in [1.165, 1.54) is 19.2 Å². The standard InChI is InChI=1S/C15H15N3O2S/c1-17-21(19,20)15-8-6-14(7-9-15)18-11-13-5-3-2-4-12(13)10-16/h2-9,17-18H,11H2,1H3. The molecule has 0 saturated carbocycles. The lowest BCUT2D eigenvalue weighted by molar-refractivity contribution is 0.588. The van der Waals surface area contributed by atoms with E-state index in [1.54, 1.807) is 18.2 Å². The van der Waals surface area contributed by atoms with Crippen LogP contribution in [-0.4, -0.2) is 15.5 Å². The third-order valence-electron chi connectivity index (χ3n) is 3.05. The van der Waals surface area contributed by atoms with Gasteiger partial charge in [0.2, 0.25) is 10.0 Å². The third-order valence-corrected chi connectivity index (χ3v) is 4.48. The summed E-state index contributed by atoms with van der Waals surface area (Å²) in [6, 6.07) is 15.9. The van der Waals surface area contributed by atoms with E-state index in [0.717, 1.165) is 11.3 Å². The van der Waals surface area contributed by atoms with E-state index in [4.69, 9.17) is 5.26 Å². The monoisotopic (exact) mass is 301 g/mol. The molecular weight excluding hydrogens is 286 g/mol. The SMILES string of the molecule is CNS(=O)(=O)c1ccc(NCc2ccccc2C#N)cc1. The zero-order valence-electron chi connectivity index (χ0n) is 11.5. The van der Waals surface area contributed by atoms with Gasteiger partial charge in [-0.05, 0) is 42.9 Å². The Morgan fingerprint density at radius 2 is 1.76 bits per heavy atom. The smallest absolute Gasteiger partial charge is 0.240 e. The van der Waals surface area contributed by atoms with Gasteiger partial charge in [-0.3, -0.25) is 0 Å². The van der Waals surface area contributed by atoms with E-state index >= 15 is 0 Å². The summed E-state index contributed by atoms with van der Waals surface area (Å²) in [5.41, 5.74) is 2.31. The fraction of sp³-hybridized carbons (Fsp3) is 0.133. The van der Waals surface area contributed by atoms with Crippen LogP contribution in [0.1, 0.15) is 11.1 Å². The molecule has 0 fully saturated rings. The first-order valence-electron chi connectivity index (χ1n) is 6.32. The van der Waals surface area contributed by atoms with Crippen LogP contribution < -0.4 is 10.0 Å². The Hall–Kier alpha value is -2.36. The summed E-state index contributed by atoms with van der Waals surface area (Å²) in [4.78, 5) is 0.216. The van der Waals surface area contributed by atoms with Gasteiger partial charge in [0.15, 0.2) is 0 Å². The number of nitriles is 1. The third kappa shape index (κ3) is 3.60. The van der Waals surface area contributed by atoms with Crippen LogP contribution in [0.4, 0.5) is 5.69 Å². The van der Waals surface area contributed by atoms with E-state index in [1.807, 2.05) is 18.2 Å². The molecule has 2 aromatic carbocycles. The van der Waals surface area contributed by atoms with Gasteiger partial charge >= 0.3 is 0 Å². The van der Waals surface area contributed by atoms with Gasteiger partial charge in [0, 0.05) is 12.2 Å². The van der Waals surface area contributed by atoms with Gasteiger partial charge in [-0.25, -0.2) is 13.1 Å². The number of hydrogen-bond acceptors (Lipinski definition) is 4. The molecule has 2 N–H and O–H groups in total. The number of sulfonamides is 1. The van der Waals surface area contributed by atoms with Crippen molar-refractivity contribution in [3.8, 4) is 6.07 Å². The van der Waals surface area contributed by atoms with Crippen LogP contribution in [0.25, 0.3) is 0 Å². The van der Waals surface area contributed by atoms with Crippen molar-refractivity contribution in [1.29, 1.82) is 5.26 Å². The summed E-state index contributed by atoms with van der Waals surface area (Å²) in [6.07, 6.45) is 0. The molecule has 0 unspecified atom stereocenters. The molecule has 5 nitrogen and oxygen atoms in total. The van der Waals surface area contributed by atoms with Crippen LogP contribution >= 0.6 is 0 Å². The summed E-state index contributed by atoms with van der Waals surface area (Å²) < 4.78 is 25.5. The summed E-state index contributed by atoms with van der Waals surface area (Å²) in [6.45, 7) is 0.502. The quantitative estimate of drug-likeness (QED) is 0.886. The van der Waals surface area contributed by atoms with Gasteiger partial charge in [-0.15, -0.1) is 0 Å². The molecule has 0 aliphatic carbocycles. The number of hydrogen-bond donors (Lipinski definition) is 2. The fourth-order valence-electron chi connectivity index (χ4n) is 1.85. The second kappa shape index (κ2) is 6.39. The van der Waals surface area contributed by atoms with Crippen molar-refractivity contribution in [2.75, 3.05) is 12.4 Å². The molecular formula is C15H15N3O2S. The van der Waals surface area contributed by atoms with Crippen molar-refractivity contribution in [3.63, 3.8) is 0 Å². The first kappa shape index (κ1) is 15.0. The molecule has 0 bridgehead atoms. The molecule has 0 amide bonds. The lowest BCUT2D eigenvalue weighted by Gasteiger charge is -2.09. The van der Waals surface area contributed by atoms with Crippen molar-refractivity contribution in [3.05, 3.63) is 59.7 Å². The van der Waals surface area contributed by atoms with Gasteiger partial charge in [-0.1, -0.05) is 18.2 Å². The summed E-state index contributed by atoms with van der Waals surface area (Å²) in [5.74, 6) is 0. The molecule has 21 heavy (non-hydrogen) atoms. The normalized spacial score (nSPS) is 10.9. The van der Waals surface area contributed by atoms with E-state index < -0.39 is 10.0 Å². The zero-order chi connectivity index (χ0) is 15.3. The van der Waals surface area contributed by atoms with Crippen molar-refractivity contribution in [2.24, 2.45) is 0 Å². The van der Waals surface area contributed by atoms with Gasteiger partial charge in [0.05, 0.1) is 16.5 Å². The van der Waals surface area contributed by atoms with E-state index in [0.29, 0.717) is 12.1 Å². The van der Waals surface area contributed by atoms with Gasteiger partial charge < -0.3 is 5.32 Å². The molecule has 0 atom stereocenters. The van der Waals surface area contributed by atoms with Gasteiger partial charge in [-0.2, -0.15) is 5.26 Å². The van der Waals surface area contributed by atoms with Crippen molar-refractivity contribution >= 4 is 15.7 Å². The maximum Gasteiger partial charge on any atom is 0.240 e. The molecule has 6 heteroatoms. The topological polar surface area (TPSA) is 82.0 Å². The average Bonchev–Trinajstić information content (AvgIpc) is 2.53. The van der Waals surface area contributed by atoms with Crippen molar-refractivity contribution in [2.45, 2.75) is 11.4 Å². The first-order valence-corrected chi connectivity index (χ1v) is 7.80. The van der Waals surface area contributed by atoms with Crippen LogP contribution in [0.5, 0.6) is 0 Å². The minimum Gasteiger partial charge on any atom is -0.381 e. The molecule has 0 saturated heterocycles. The minimum absolute atomic E-state index is 0.216. The molecule has 0 spiro atoms. The van der Waals surface area contributed by atoms with Crippen molar-refractivity contribution < 1.29 is 8.42 Å². The van der Waals surface area contributed by atoms with E-state index in [2.05, 4.69) is 16.1 Å². The van der Waals surface area contributed by atoms with Crippen LogP contribution in [0, 0.1) is 11.3 Å². The Bertz CT molecular complexity index is 762. The zero-order valence-corrected chi connectivity index (χ0v) is 12.3. The Kier molecular flexibility index (Phi) is 4.58. The number of rotatable bonds is 5. The lowest BCUT2D eigenvalue weighted by atomic mass is 10.1. The van der Waals surface area contributed by atoms with Crippen LogP contribution in [0.2, 0.25) is 0 Å². The number of nitrogens with one attached hydrogen (secondary N) is 2. The molecule has 0 aliphatic rings. The predicted octanol–water partition coefficient (Wildman–Crippen LogP) is 2.08. The number of anilines is 1. The second-order valence-electron chi connectivity index (χ2n) is 4.35. The molecule has 0 radical (unpaired) electrons. The Morgan fingerprint density at radius 1 is 1.10 bits per heavy atom. The summed E-state index contributed by atoms with van der Waals surface area (Å²) in [5, 5.41) is 12.2. The summed E-state index contributed by atoms with van der Waals surface area (Å²) >= 11 is 0. The van der Waals surface area contributed by atoms with Crippen LogP contribution in [0.15, 0.2) is 53.4 Å².